The average molecular weight is 350 g/mol. The second-order valence-electron chi connectivity index (χ2n) is 6.76. The standard InChI is InChI=1S/C21H22N2O3/c1-25-19-13-15(23-21(24)14-5-3-2-4-6-14)7-8-16(19)20-17-10-12-26-18(17)9-11-22-20/h2-6,9-12,15-16,19H,7-8,13H2,1H3,(H,23,24). The number of amides is 1. The number of pyridine rings is 1. The fourth-order valence-corrected chi connectivity index (χ4v) is 3.90. The van der Waals surface area contributed by atoms with Gasteiger partial charge in [0.1, 0.15) is 5.58 Å². The number of aromatic nitrogens is 1. The highest BCUT2D eigenvalue weighted by Gasteiger charge is 2.34. The number of nitrogens with zero attached hydrogens (tertiary/aromatic N) is 1. The lowest BCUT2D eigenvalue weighted by Gasteiger charge is -2.35. The predicted octanol–water partition coefficient (Wildman–Crippen LogP) is 3.91. The number of carbonyl (C=O) groups is 1. The lowest BCUT2D eigenvalue weighted by molar-refractivity contribution is 0.0390. The van der Waals surface area contributed by atoms with E-state index in [1.165, 1.54) is 0 Å². The number of methoxy groups -OCH3 is 1. The van der Waals surface area contributed by atoms with E-state index >= 15 is 0 Å². The molecule has 1 fully saturated rings. The molecule has 1 aromatic carbocycles. The van der Waals surface area contributed by atoms with E-state index in [4.69, 9.17) is 9.15 Å². The quantitative estimate of drug-likeness (QED) is 0.775. The number of hydrogen-bond donors (Lipinski definition) is 1. The van der Waals surface area contributed by atoms with Crippen LogP contribution in [-0.2, 0) is 4.74 Å². The Bertz CT molecular complexity index is 890. The van der Waals surface area contributed by atoms with E-state index in [9.17, 15) is 4.79 Å². The molecular formula is C21H22N2O3. The SMILES string of the molecule is COC1CC(NC(=O)c2ccccc2)CCC1c1nccc2occc12. The molecule has 5 nitrogen and oxygen atoms in total. The van der Waals surface area contributed by atoms with Crippen molar-refractivity contribution in [3.05, 3.63) is 66.2 Å². The minimum atomic E-state index is -0.0287. The molecule has 1 saturated carbocycles. The molecule has 5 heteroatoms. The van der Waals surface area contributed by atoms with Crippen LogP contribution in [0.1, 0.15) is 41.2 Å². The Hall–Kier alpha value is -2.66. The zero-order valence-corrected chi connectivity index (χ0v) is 14.7. The maximum atomic E-state index is 12.4. The molecule has 3 aromatic rings. The normalized spacial score (nSPS) is 23.0. The van der Waals surface area contributed by atoms with E-state index in [0.29, 0.717) is 5.56 Å². The summed E-state index contributed by atoms with van der Waals surface area (Å²) in [6.07, 6.45) is 6.09. The van der Waals surface area contributed by atoms with Gasteiger partial charge in [-0.25, -0.2) is 0 Å². The van der Waals surface area contributed by atoms with Crippen molar-refractivity contribution in [2.24, 2.45) is 0 Å². The van der Waals surface area contributed by atoms with Gasteiger partial charge in [0.15, 0.2) is 0 Å². The molecule has 4 rings (SSSR count). The summed E-state index contributed by atoms with van der Waals surface area (Å²) in [7, 11) is 1.73. The van der Waals surface area contributed by atoms with Crippen LogP contribution in [0.5, 0.6) is 0 Å². The molecule has 3 atom stereocenters. The first-order valence-electron chi connectivity index (χ1n) is 8.97. The third-order valence-corrected chi connectivity index (χ3v) is 5.23. The zero-order valence-electron chi connectivity index (χ0n) is 14.7. The van der Waals surface area contributed by atoms with Crippen LogP contribution >= 0.6 is 0 Å². The van der Waals surface area contributed by atoms with Crippen LogP contribution in [0.3, 0.4) is 0 Å². The number of hydrogen-bond acceptors (Lipinski definition) is 4. The predicted molar refractivity (Wildman–Crippen MR) is 99.1 cm³/mol. The van der Waals surface area contributed by atoms with Crippen LogP contribution in [0.15, 0.2) is 59.3 Å². The maximum absolute atomic E-state index is 12.4. The van der Waals surface area contributed by atoms with E-state index in [2.05, 4.69) is 10.3 Å². The Morgan fingerprint density at radius 1 is 1.19 bits per heavy atom. The van der Waals surface area contributed by atoms with Crippen molar-refractivity contribution in [2.45, 2.75) is 37.3 Å². The maximum Gasteiger partial charge on any atom is 0.251 e. The van der Waals surface area contributed by atoms with E-state index in [1.54, 1.807) is 19.6 Å². The molecule has 0 aliphatic heterocycles. The molecule has 1 amide bonds. The van der Waals surface area contributed by atoms with E-state index in [0.717, 1.165) is 35.9 Å². The van der Waals surface area contributed by atoms with Gasteiger partial charge < -0.3 is 14.5 Å². The molecule has 1 aliphatic carbocycles. The minimum Gasteiger partial charge on any atom is -0.464 e. The molecule has 134 valence electrons. The number of ether oxygens (including phenoxy) is 1. The van der Waals surface area contributed by atoms with Crippen molar-refractivity contribution in [3.63, 3.8) is 0 Å². The average Bonchev–Trinajstić information content (AvgIpc) is 3.17. The van der Waals surface area contributed by atoms with Crippen molar-refractivity contribution in [3.8, 4) is 0 Å². The molecular weight excluding hydrogens is 328 g/mol. The molecule has 0 bridgehead atoms. The molecule has 26 heavy (non-hydrogen) atoms. The number of fused-ring (bicyclic) bond motifs is 1. The number of carbonyl (C=O) groups excluding carboxylic acids is 1. The summed E-state index contributed by atoms with van der Waals surface area (Å²) in [6.45, 7) is 0. The summed E-state index contributed by atoms with van der Waals surface area (Å²) >= 11 is 0. The minimum absolute atomic E-state index is 0.0119. The van der Waals surface area contributed by atoms with Gasteiger partial charge in [0, 0.05) is 36.2 Å². The van der Waals surface area contributed by atoms with E-state index < -0.39 is 0 Å². The summed E-state index contributed by atoms with van der Waals surface area (Å²) in [4.78, 5) is 17.0. The third kappa shape index (κ3) is 3.22. The zero-order chi connectivity index (χ0) is 17.9. The van der Waals surface area contributed by atoms with Crippen molar-refractivity contribution in [1.29, 1.82) is 0 Å². The van der Waals surface area contributed by atoms with Gasteiger partial charge in [-0.05, 0) is 43.5 Å². The number of benzene rings is 1. The molecule has 0 spiro atoms. The molecule has 1 aliphatic rings. The Labute approximate surface area is 152 Å². The van der Waals surface area contributed by atoms with Crippen LogP contribution in [0.25, 0.3) is 11.0 Å². The van der Waals surface area contributed by atoms with Gasteiger partial charge in [-0.1, -0.05) is 18.2 Å². The second-order valence-corrected chi connectivity index (χ2v) is 6.76. The Morgan fingerprint density at radius 2 is 2.04 bits per heavy atom. The Kier molecular flexibility index (Phi) is 4.71. The van der Waals surface area contributed by atoms with Gasteiger partial charge in [-0.2, -0.15) is 0 Å². The Balaban J connectivity index is 1.49. The number of furan rings is 1. The van der Waals surface area contributed by atoms with Gasteiger partial charge in [0.2, 0.25) is 0 Å². The van der Waals surface area contributed by atoms with Crippen molar-refractivity contribution < 1.29 is 13.9 Å². The van der Waals surface area contributed by atoms with Gasteiger partial charge in [-0.3, -0.25) is 9.78 Å². The summed E-state index contributed by atoms with van der Waals surface area (Å²) in [5.74, 6) is 0.171. The fourth-order valence-electron chi connectivity index (χ4n) is 3.90. The van der Waals surface area contributed by atoms with Crippen molar-refractivity contribution >= 4 is 16.9 Å². The van der Waals surface area contributed by atoms with Crippen LogP contribution < -0.4 is 5.32 Å². The van der Waals surface area contributed by atoms with Crippen LogP contribution in [-0.4, -0.2) is 30.1 Å². The molecule has 3 unspecified atom stereocenters. The topological polar surface area (TPSA) is 64.4 Å². The van der Waals surface area contributed by atoms with Gasteiger partial charge in [0.05, 0.1) is 18.1 Å². The monoisotopic (exact) mass is 350 g/mol. The fraction of sp³-hybridized carbons (Fsp3) is 0.333. The summed E-state index contributed by atoms with van der Waals surface area (Å²) < 4.78 is 11.3. The van der Waals surface area contributed by atoms with Crippen LogP contribution in [0.4, 0.5) is 0 Å². The number of nitrogens with one attached hydrogen (secondary N) is 1. The molecule has 1 N–H and O–H groups in total. The molecule has 2 aromatic heterocycles. The molecule has 0 saturated heterocycles. The van der Waals surface area contributed by atoms with Crippen LogP contribution in [0.2, 0.25) is 0 Å². The largest absolute Gasteiger partial charge is 0.464 e. The van der Waals surface area contributed by atoms with Crippen molar-refractivity contribution in [1.82, 2.24) is 10.3 Å². The molecule has 0 radical (unpaired) electrons. The van der Waals surface area contributed by atoms with Gasteiger partial charge in [0.25, 0.3) is 5.91 Å². The van der Waals surface area contributed by atoms with Gasteiger partial charge >= 0.3 is 0 Å². The van der Waals surface area contributed by atoms with Gasteiger partial charge in [-0.15, -0.1) is 0 Å². The first-order valence-corrected chi connectivity index (χ1v) is 8.97. The summed E-state index contributed by atoms with van der Waals surface area (Å²) in [5, 5.41) is 4.19. The first-order chi connectivity index (χ1) is 12.8. The lowest BCUT2D eigenvalue weighted by Crippen LogP contribution is -2.43. The van der Waals surface area contributed by atoms with E-state index in [-0.39, 0.29) is 24.0 Å². The van der Waals surface area contributed by atoms with E-state index in [1.807, 2.05) is 42.5 Å². The second kappa shape index (κ2) is 7.30. The van der Waals surface area contributed by atoms with Crippen LogP contribution in [0, 0.1) is 0 Å². The molecule has 2 heterocycles. The Morgan fingerprint density at radius 3 is 2.85 bits per heavy atom. The van der Waals surface area contributed by atoms with Crippen molar-refractivity contribution in [2.75, 3.05) is 7.11 Å². The highest BCUT2D eigenvalue weighted by molar-refractivity contribution is 5.94. The highest BCUT2D eigenvalue weighted by atomic mass is 16.5. The highest BCUT2D eigenvalue weighted by Crippen LogP contribution is 2.37. The summed E-state index contributed by atoms with van der Waals surface area (Å²) in [6, 6.07) is 13.3. The lowest BCUT2D eigenvalue weighted by atomic mass is 9.80. The third-order valence-electron chi connectivity index (χ3n) is 5.23. The summed E-state index contributed by atoms with van der Waals surface area (Å²) in [5.41, 5.74) is 2.56. The number of rotatable bonds is 4. The first kappa shape index (κ1) is 16.8. The smallest absolute Gasteiger partial charge is 0.251 e.